The van der Waals surface area contributed by atoms with Crippen LogP contribution < -0.4 is 0 Å². The van der Waals surface area contributed by atoms with E-state index in [-0.39, 0.29) is 16.8 Å². The lowest BCUT2D eigenvalue weighted by Crippen LogP contribution is -2.03. The fourth-order valence-corrected chi connectivity index (χ4v) is 1.38. The molecule has 0 radical (unpaired) electrons. The van der Waals surface area contributed by atoms with Crippen LogP contribution in [0.4, 0.5) is 8.78 Å². The molecule has 1 heterocycles. The number of carbonyl (C=O) groups is 1. The zero-order valence-electron chi connectivity index (χ0n) is 8.39. The minimum absolute atomic E-state index is 0.0776. The number of aromatic carboxylic acids is 1. The molecular weight excluding hydrogens is 230 g/mol. The van der Waals surface area contributed by atoms with Crippen LogP contribution in [0.25, 0.3) is 11.3 Å². The van der Waals surface area contributed by atoms with Crippen LogP contribution in [0, 0.1) is 11.6 Å². The highest BCUT2D eigenvalue weighted by Crippen LogP contribution is 2.24. The molecule has 0 aliphatic rings. The Morgan fingerprint density at radius 3 is 2.71 bits per heavy atom. The van der Waals surface area contributed by atoms with Gasteiger partial charge in [-0.05, 0) is 12.1 Å². The Labute approximate surface area is 94.6 Å². The number of rotatable bonds is 2. The summed E-state index contributed by atoms with van der Waals surface area (Å²) < 4.78 is 26.2. The maximum atomic E-state index is 13.5. The van der Waals surface area contributed by atoms with Gasteiger partial charge in [0.05, 0.1) is 5.69 Å². The van der Waals surface area contributed by atoms with E-state index in [1.54, 1.807) is 0 Å². The summed E-state index contributed by atoms with van der Waals surface area (Å²) in [5, 5.41) is 8.90. The molecule has 4 nitrogen and oxygen atoms in total. The molecule has 2 rings (SSSR count). The number of aromatic nitrogens is 2. The normalized spacial score (nSPS) is 10.2. The molecule has 0 fully saturated rings. The first kappa shape index (κ1) is 11.1. The van der Waals surface area contributed by atoms with Crippen molar-refractivity contribution >= 4 is 5.97 Å². The molecule has 0 aliphatic heterocycles. The summed E-state index contributed by atoms with van der Waals surface area (Å²) in [6, 6.07) is 2.84. The second-order valence-corrected chi connectivity index (χ2v) is 3.21. The average Bonchev–Trinajstić information content (AvgIpc) is 2.29. The highest BCUT2D eigenvalue weighted by molar-refractivity contribution is 5.94. The van der Waals surface area contributed by atoms with Crippen molar-refractivity contribution in [3.8, 4) is 11.3 Å². The van der Waals surface area contributed by atoms with Crippen LogP contribution in [0.3, 0.4) is 0 Å². The number of halogens is 2. The van der Waals surface area contributed by atoms with Gasteiger partial charge in [-0.1, -0.05) is 0 Å². The highest BCUT2D eigenvalue weighted by atomic mass is 19.1. The van der Waals surface area contributed by atoms with Crippen molar-refractivity contribution in [2.75, 3.05) is 0 Å². The average molecular weight is 236 g/mol. The van der Waals surface area contributed by atoms with Gasteiger partial charge in [-0.15, -0.1) is 0 Å². The monoisotopic (exact) mass is 236 g/mol. The molecule has 6 heteroatoms. The Kier molecular flexibility index (Phi) is 2.78. The fraction of sp³-hybridized carbons (Fsp3) is 0. The molecule has 0 atom stereocenters. The molecule has 2 aromatic rings. The van der Waals surface area contributed by atoms with Crippen molar-refractivity contribution in [1.82, 2.24) is 9.97 Å². The lowest BCUT2D eigenvalue weighted by atomic mass is 10.1. The number of benzene rings is 1. The van der Waals surface area contributed by atoms with Gasteiger partial charge in [-0.25, -0.2) is 23.5 Å². The minimum atomic E-state index is -1.27. The van der Waals surface area contributed by atoms with E-state index in [4.69, 9.17) is 5.11 Å². The Hall–Kier alpha value is -2.37. The predicted octanol–water partition coefficient (Wildman–Crippen LogP) is 2.12. The van der Waals surface area contributed by atoms with Gasteiger partial charge in [0.15, 0.2) is 0 Å². The van der Waals surface area contributed by atoms with Gasteiger partial charge in [0, 0.05) is 17.8 Å². The predicted molar refractivity (Wildman–Crippen MR) is 54.3 cm³/mol. The summed E-state index contributed by atoms with van der Waals surface area (Å²) in [5.74, 6) is -2.88. The van der Waals surface area contributed by atoms with E-state index in [0.29, 0.717) is 6.07 Å². The van der Waals surface area contributed by atoms with Gasteiger partial charge in [0.1, 0.15) is 23.5 Å². The van der Waals surface area contributed by atoms with Crippen LogP contribution in [0.1, 0.15) is 10.4 Å². The first-order valence-corrected chi connectivity index (χ1v) is 4.58. The van der Waals surface area contributed by atoms with Crippen molar-refractivity contribution in [3.63, 3.8) is 0 Å². The van der Waals surface area contributed by atoms with E-state index in [0.717, 1.165) is 24.7 Å². The third-order valence-electron chi connectivity index (χ3n) is 2.13. The fourth-order valence-electron chi connectivity index (χ4n) is 1.38. The van der Waals surface area contributed by atoms with Crippen LogP contribution in [0.15, 0.2) is 30.7 Å². The molecule has 86 valence electrons. The zero-order chi connectivity index (χ0) is 12.4. The second kappa shape index (κ2) is 4.25. The molecule has 0 unspecified atom stereocenters. The van der Waals surface area contributed by atoms with Crippen molar-refractivity contribution in [2.45, 2.75) is 0 Å². The third-order valence-corrected chi connectivity index (χ3v) is 2.13. The van der Waals surface area contributed by atoms with Gasteiger partial charge in [-0.2, -0.15) is 0 Å². The molecule has 0 spiro atoms. The molecule has 0 amide bonds. The van der Waals surface area contributed by atoms with Gasteiger partial charge in [-0.3, -0.25) is 0 Å². The van der Waals surface area contributed by atoms with Gasteiger partial charge in [0.25, 0.3) is 0 Å². The summed E-state index contributed by atoms with van der Waals surface area (Å²) in [6.07, 6.45) is 2.16. The molecule has 1 aromatic carbocycles. The summed E-state index contributed by atoms with van der Waals surface area (Å²) in [6.45, 7) is 0. The molecule has 0 saturated heterocycles. The molecule has 1 aromatic heterocycles. The van der Waals surface area contributed by atoms with Crippen molar-refractivity contribution in [3.05, 3.63) is 47.9 Å². The molecule has 0 saturated carbocycles. The van der Waals surface area contributed by atoms with Crippen molar-refractivity contribution in [1.29, 1.82) is 0 Å². The summed E-state index contributed by atoms with van der Waals surface area (Å²) in [4.78, 5) is 18.2. The standard InChI is InChI=1S/C11H6F2N2O2/c12-6-1-2-7(9(13)3-6)10-8(11(16)17)4-14-5-15-10/h1-5H,(H,16,17). The first-order valence-electron chi connectivity index (χ1n) is 4.58. The Bertz CT molecular complexity index is 587. The smallest absolute Gasteiger partial charge is 0.339 e. The quantitative estimate of drug-likeness (QED) is 0.867. The van der Waals surface area contributed by atoms with Crippen molar-refractivity contribution < 1.29 is 18.7 Å². The largest absolute Gasteiger partial charge is 0.478 e. The van der Waals surface area contributed by atoms with Crippen LogP contribution in [0.5, 0.6) is 0 Å². The number of carboxylic acids is 1. The van der Waals surface area contributed by atoms with Crippen LogP contribution in [-0.2, 0) is 0 Å². The molecule has 0 bridgehead atoms. The highest BCUT2D eigenvalue weighted by Gasteiger charge is 2.16. The van der Waals surface area contributed by atoms with E-state index in [9.17, 15) is 13.6 Å². The number of hydrogen-bond acceptors (Lipinski definition) is 3. The Balaban J connectivity index is 2.64. The van der Waals surface area contributed by atoms with Crippen LogP contribution >= 0.6 is 0 Å². The number of carboxylic acid groups (broad SMARTS) is 1. The third kappa shape index (κ3) is 2.10. The minimum Gasteiger partial charge on any atom is -0.478 e. The van der Waals surface area contributed by atoms with E-state index in [2.05, 4.69) is 9.97 Å². The van der Waals surface area contributed by atoms with Gasteiger partial charge < -0.3 is 5.11 Å². The van der Waals surface area contributed by atoms with E-state index < -0.39 is 17.6 Å². The molecule has 17 heavy (non-hydrogen) atoms. The maximum absolute atomic E-state index is 13.5. The number of hydrogen-bond donors (Lipinski definition) is 1. The van der Waals surface area contributed by atoms with Crippen molar-refractivity contribution in [2.24, 2.45) is 0 Å². The van der Waals surface area contributed by atoms with Crippen LogP contribution in [-0.4, -0.2) is 21.0 Å². The first-order chi connectivity index (χ1) is 8.09. The maximum Gasteiger partial charge on any atom is 0.339 e. The topological polar surface area (TPSA) is 63.1 Å². The summed E-state index contributed by atoms with van der Waals surface area (Å²) in [5.41, 5.74) is -0.394. The molecular formula is C11H6F2N2O2. The summed E-state index contributed by atoms with van der Waals surface area (Å²) >= 11 is 0. The lowest BCUT2D eigenvalue weighted by Gasteiger charge is -2.05. The van der Waals surface area contributed by atoms with Crippen LogP contribution in [0.2, 0.25) is 0 Å². The van der Waals surface area contributed by atoms with E-state index in [1.807, 2.05) is 0 Å². The van der Waals surface area contributed by atoms with Gasteiger partial charge in [0.2, 0.25) is 0 Å². The Morgan fingerprint density at radius 2 is 2.06 bits per heavy atom. The molecule has 0 aliphatic carbocycles. The lowest BCUT2D eigenvalue weighted by molar-refractivity contribution is 0.0697. The van der Waals surface area contributed by atoms with E-state index >= 15 is 0 Å². The Morgan fingerprint density at radius 1 is 1.29 bits per heavy atom. The molecule has 1 N–H and O–H groups in total. The SMILES string of the molecule is O=C(O)c1cncnc1-c1ccc(F)cc1F. The van der Waals surface area contributed by atoms with E-state index in [1.165, 1.54) is 0 Å². The second-order valence-electron chi connectivity index (χ2n) is 3.21. The number of nitrogens with zero attached hydrogens (tertiary/aromatic N) is 2. The zero-order valence-corrected chi connectivity index (χ0v) is 8.39. The van der Waals surface area contributed by atoms with Gasteiger partial charge >= 0.3 is 5.97 Å². The summed E-state index contributed by atoms with van der Waals surface area (Å²) in [7, 11) is 0.